The first-order chi connectivity index (χ1) is 9.02. The van der Waals surface area contributed by atoms with Gasteiger partial charge in [-0.3, -0.25) is 4.79 Å². The number of carboxylic acid groups (broad SMARTS) is 1. The molecule has 2 atom stereocenters. The molecule has 0 aromatic rings. The van der Waals surface area contributed by atoms with Crippen LogP contribution in [0.1, 0.15) is 72.1 Å². The van der Waals surface area contributed by atoms with Gasteiger partial charge in [0.1, 0.15) is 6.04 Å². The van der Waals surface area contributed by atoms with E-state index in [-0.39, 0.29) is 11.8 Å². The van der Waals surface area contributed by atoms with Crippen molar-refractivity contribution >= 4 is 11.9 Å². The molecule has 2 N–H and O–H groups in total. The number of aliphatic carboxylic acids is 1. The monoisotopic (exact) mass is 271 g/mol. The lowest BCUT2D eigenvalue weighted by molar-refractivity contribution is -0.143. The van der Waals surface area contributed by atoms with Gasteiger partial charge >= 0.3 is 5.97 Å². The summed E-state index contributed by atoms with van der Waals surface area (Å²) < 4.78 is 0. The molecule has 19 heavy (non-hydrogen) atoms. The topological polar surface area (TPSA) is 66.4 Å². The van der Waals surface area contributed by atoms with E-state index in [0.29, 0.717) is 0 Å². The van der Waals surface area contributed by atoms with Crippen molar-refractivity contribution < 1.29 is 14.7 Å². The average Bonchev–Trinajstić information content (AvgIpc) is 2.35. The van der Waals surface area contributed by atoms with Crippen LogP contribution < -0.4 is 5.32 Å². The molecule has 0 unspecified atom stereocenters. The molecular weight excluding hydrogens is 242 g/mol. The van der Waals surface area contributed by atoms with Crippen molar-refractivity contribution in [1.29, 1.82) is 0 Å². The Balaban J connectivity index is 4.07. The molecule has 0 bridgehead atoms. The Morgan fingerprint density at radius 3 is 2.11 bits per heavy atom. The minimum atomic E-state index is -0.923. The normalized spacial score (nSPS) is 13.8. The quantitative estimate of drug-likeness (QED) is 0.566. The fraction of sp³-hybridized carbons (Fsp3) is 0.867. The highest BCUT2D eigenvalue weighted by atomic mass is 16.4. The molecular formula is C15H29NO3. The van der Waals surface area contributed by atoms with Crippen molar-refractivity contribution in [2.75, 3.05) is 0 Å². The number of hydrogen-bond donors (Lipinski definition) is 2. The third-order valence-corrected chi connectivity index (χ3v) is 3.55. The summed E-state index contributed by atoms with van der Waals surface area (Å²) in [6, 6.07) is -0.738. The number of amides is 1. The Hall–Kier alpha value is -1.06. The summed E-state index contributed by atoms with van der Waals surface area (Å²) in [5.74, 6) is -1.16. The van der Waals surface area contributed by atoms with Crippen molar-refractivity contribution in [3.63, 3.8) is 0 Å². The number of unbranched alkanes of at least 4 members (excludes halogenated alkanes) is 5. The Morgan fingerprint density at radius 2 is 1.63 bits per heavy atom. The van der Waals surface area contributed by atoms with Crippen LogP contribution in [0.15, 0.2) is 0 Å². The second kappa shape index (κ2) is 10.8. The predicted octanol–water partition coefficient (Wildman–Crippen LogP) is 3.35. The standard InChI is InChI=1S/C15H29NO3/c1-4-6-7-8-9-10-11-13(5-2)14(15(18)19)16-12(3)17/h13-14H,4-11H2,1-3H3,(H,16,17)(H,18,19)/t13-,14-/m0/s1. The van der Waals surface area contributed by atoms with Gasteiger partial charge in [-0.25, -0.2) is 4.79 Å². The first-order valence-corrected chi connectivity index (χ1v) is 7.52. The maximum atomic E-state index is 11.2. The highest BCUT2D eigenvalue weighted by Gasteiger charge is 2.26. The van der Waals surface area contributed by atoms with Crippen LogP contribution in [0.4, 0.5) is 0 Å². The molecule has 0 aliphatic rings. The molecule has 112 valence electrons. The Kier molecular flexibility index (Phi) is 10.2. The van der Waals surface area contributed by atoms with Gasteiger partial charge in [-0.05, 0) is 12.3 Å². The van der Waals surface area contributed by atoms with Crippen LogP contribution in [-0.4, -0.2) is 23.0 Å². The molecule has 0 radical (unpaired) electrons. The predicted molar refractivity (Wildman–Crippen MR) is 77.0 cm³/mol. The lowest BCUT2D eigenvalue weighted by atomic mass is 9.90. The molecule has 0 saturated heterocycles. The van der Waals surface area contributed by atoms with Crippen molar-refractivity contribution in [2.45, 2.75) is 78.2 Å². The van der Waals surface area contributed by atoms with Crippen molar-refractivity contribution in [3.8, 4) is 0 Å². The summed E-state index contributed by atoms with van der Waals surface area (Å²) in [5, 5.41) is 11.7. The number of carbonyl (C=O) groups is 2. The minimum absolute atomic E-state index is 0.0348. The molecule has 4 heteroatoms. The fourth-order valence-corrected chi connectivity index (χ4v) is 2.39. The molecule has 0 rings (SSSR count). The molecule has 0 saturated carbocycles. The average molecular weight is 271 g/mol. The minimum Gasteiger partial charge on any atom is -0.480 e. The van der Waals surface area contributed by atoms with E-state index < -0.39 is 12.0 Å². The summed E-state index contributed by atoms with van der Waals surface area (Å²) in [7, 11) is 0. The van der Waals surface area contributed by atoms with Crippen LogP contribution in [0.5, 0.6) is 0 Å². The number of nitrogens with one attached hydrogen (secondary N) is 1. The van der Waals surface area contributed by atoms with Crippen molar-refractivity contribution in [2.24, 2.45) is 5.92 Å². The van der Waals surface area contributed by atoms with E-state index in [1.54, 1.807) is 0 Å². The van der Waals surface area contributed by atoms with Gasteiger partial charge < -0.3 is 10.4 Å². The van der Waals surface area contributed by atoms with Crippen molar-refractivity contribution in [1.82, 2.24) is 5.32 Å². The van der Waals surface area contributed by atoms with Gasteiger partial charge in [0.2, 0.25) is 5.91 Å². The first kappa shape index (κ1) is 17.9. The van der Waals surface area contributed by atoms with E-state index in [4.69, 9.17) is 0 Å². The SMILES string of the molecule is CCCCCCCC[C@H](CC)[C@H](NC(C)=O)C(=O)O. The van der Waals surface area contributed by atoms with Gasteiger partial charge in [0.05, 0.1) is 0 Å². The van der Waals surface area contributed by atoms with Crippen LogP contribution in [0.2, 0.25) is 0 Å². The maximum Gasteiger partial charge on any atom is 0.326 e. The molecule has 1 amide bonds. The highest BCUT2D eigenvalue weighted by Crippen LogP contribution is 2.19. The molecule has 0 aromatic carbocycles. The third kappa shape index (κ3) is 8.62. The zero-order valence-electron chi connectivity index (χ0n) is 12.6. The smallest absolute Gasteiger partial charge is 0.326 e. The van der Waals surface area contributed by atoms with Gasteiger partial charge in [-0.2, -0.15) is 0 Å². The van der Waals surface area contributed by atoms with E-state index in [0.717, 1.165) is 25.7 Å². The lowest BCUT2D eigenvalue weighted by Crippen LogP contribution is -2.45. The van der Waals surface area contributed by atoms with Gasteiger partial charge in [-0.1, -0.05) is 58.8 Å². The summed E-state index contributed by atoms with van der Waals surface area (Å²) in [6.45, 7) is 5.55. The van der Waals surface area contributed by atoms with E-state index in [9.17, 15) is 14.7 Å². The first-order valence-electron chi connectivity index (χ1n) is 7.52. The Labute approximate surface area is 117 Å². The van der Waals surface area contributed by atoms with Crippen LogP contribution in [0.25, 0.3) is 0 Å². The number of hydrogen-bond acceptors (Lipinski definition) is 2. The van der Waals surface area contributed by atoms with Crippen LogP contribution >= 0.6 is 0 Å². The molecule has 0 aliphatic carbocycles. The molecule has 4 nitrogen and oxygen atoms in total. The number of rotatable bonds is 11. The highest BCUT2D eigenvalue weighted by molar-refractivity contribution is 5.82. The van der Waals surface area contributed by atoms with E-state index in [2.05, 4.69) is 12.2 Å². The van der Waals surface area contributed by atoms with Gasteiger partial charge in [0.15, 0.2) is 0 Å². The second-order valence-electron chi connectivity index (χ2n) is 5.24. The second-order valence-corrected chi connectivity index (χ2v) is 5.24. The number of carbonyl (C=O) groups excluding carboxylic acids is 1. The summed E-state index contributed by atoms with van der Waals surface area (Å²) in [5.41, 5.74) is 0. The van der Waals surface area contributed by atoms with Crippen LogP contribution in [0, 0.1) is 5.92 Å². The van der Waals surface area contributed by atoms with E-state index in [1.807, 2.05) is 6.92 Å². The van der Waals surface area contributed by atoms with Crippen LogP contribution in [0.3, 0.4) is 0 Å². The Bertz CT molecular complexity index is 266. The van der Waals surface area contributed by atoms with Gasteiger partial charge in [0.25, 0.3) is 0 Å². The molecule has 0 fully saturated rings. The van der Waals surface area contributed by atoms with Gasteiger partial charge in [0, 0.05) is 6.92 Å². The number of carboxylic acids is 1. The lowest BCUT2D eigenvalue weighted by Gasteiger charge is -2.23. The van der Waals surface area contributed by atoms with Crippen molar-refractivity contribution in [3.05, 3.63) is 0 Å². The third-order valence-electron chi connectivity index (χ3n) is 3.55. The molecule has 0 heterocycles. The summed E-state index contributed by atoms with van der Waals surface area (Å²) in [4.78, 5) is 22.2. The molecule has 0 aromatic heterocycles. The Morgan fingerprint density at radius 1 is 1.05 bits per heavy atom. The van der Waals surface area contributed by atoms with E-state index in [1.165, 1.54) is 32.6 Å². The molecule has 0 spiro atoms. The maximum absolute atomic E-state index is 11.2. The fourth-order valence-electron chi connectivity index (χ4n) is 2.39. The van der Waals surface area contributed by atoms with Gasteiger partial charge in [-0.15, -0.1) is 0 Å². The van der Waals surface area contributed by atoms with E-state index >= 15 is 0 Å². The summed E-state index contributed by atoms with van der Waals surface area (Å²) >= 11 is 0. The zero-order valence-corrected chi connectivity index (χ0v) is 12.6. The summed E-state index contributed by atoms with van der Waals surface area (Å²) in [6.07, 6.45) is 8.87. The molecule has 0 aliphatic heterocycles. The zero-order chi connectivity index (χ0) is 14.7. The largest absolute Gasteiger partial charge is 0.480 e. The van der Waals surface area contributed by atoms with Crippen LogP contribution in [-0.2, 0) is 9.59 Å².